The van der Waals surface area contributed by atoms with E-state index >= 15 is 0 Å². The molecule has 1 fully saturated rings. The maximum Gasteiger partial charge on any atom is 0.342 e. The lowest BCUT2D eigenvalue weighted by Crippen LogP contribution is -2.44. The van der Waals surface area contributed by atoms with E-state index in [1.807, 2.05) is 30.3 Å². The van der Waals surface area contributed by atoms with Crippen LogP contribution in [0.2, 0.25) is 0 Å². The molecule has 1 amide bonds. The molecular formula is C18H21N3O5S. The minimum absolute atomic E-state index is 0.0597. The number of hydrogen-bond donors (Lipinski definition) is 1. The molecule has 0 spiro atoms. The number of aromatic amines is 1. The molecular weight excluding hydrogens is 370 g/mol. The molecule has 0 radical (unpaired) electrons. The number of nitrogens with zero attached hydrogens (tertiary/aromatic N) is 2. The first kappa shape index (κ1) is 19.1. The Morgan fingerprint density at radius 1 is 1.30 bits per heavy atom. The number of likely N-dealkylation sites (N-methyl/N-ethyl adjacent to an activating group) is 1. The van der Waals surface area contributed by atoms with Gasteiger partial charge in [0.05, 0.1) is 23.4 Å². The lowest BCUT2D eigenvalue weighted by atomic mass is 10.1. The van der Waals surface area contributed by atoms with Crippen LogP contribution in [0.5, 0.6) is 0 Å². The molecule has 1 N–H and O–H groups in total. The first-order valence-electron chi connectivity index (χ1n) is 8.55. The zero-order valence-electron chi connectivity index (χ0n) is 15.1. The fourth-order valence-corrected chi connectivity index (χ4v) is 4.86. The van der Waals surface area contributed by atoms with Gasteiger partial charge in [-0.1, -0.05) is 30.3 Å². The maximum atomic E-state index is 12.5. The third kappa shape index (κ3) is 4.19. The van der Waals surface area contributed by atoms with Crippen molar-refractivity contribution in [3.05, 3.63) is 42.1 Å². The number of aromatic nitrogens is 2. The number of sulfone groups is 1. The second-order valence-corrected chi connectivity index (χ2v) is 8.81. The van der Waals surface area contributed by atoms with Crippen LogP contribution in [0.25, 0.3) is 11.3 Å². The second-order valence-electron chi connectivity index (χ2n) is 6.58. The predicted molar refractivity (Wildman–Crippen MR) is 98.7 cm³/mol. The quantitative estimate of drug-likeness (QED) is 0.769. The molecule has 2 heterocycles. The van der Waals surface area contributed by atoms with Crippen LogP contribution in [0.1, 0.15) is 23.7 Å². The normalized spacial score (nSPS) is 19.4. The van der Waals surface area contributed by atoms with Crippen molar-refractivity contribution < 1.29 is 22.7 Å². The van der Waals surface area contributed by atoms with Crippen molar-refractivity contribution in [3.8, 4) is 11.3 Å². The van der Waals surface area contributed by atoms with Crippen LogP contribution < -0.4 is 0 Å². The highest BCUT2D eigenvalue weighted by atomic mass is 32.2. The number of hydrogen-bond acceptors (Lipinski definition) is 6. The number of benzene rings is 1. The number of H-pyrrole nitrogens is 1. The smallest absolute Gasteiger partial charge is 0.342 e. The predicted octanol–water partition coefficient (Wildman–Crippen LogP) is 1.27. The molecule has 2 unspecified atom stereocenters. The van der Waals surface area contributed by atoms with E-state index in [9.17, 15) is 18.0 Å². The molecule has 1 aliphatic rings. The van der Waals surface area contributed by atoms with Gasteiger partial charge in [0.2, 0.25) is 0 Å². The van der Waals surface area contributed by atoms with Gasteiger partial charge in [0.25, 0.3) is 5.91 Å². The van der Waals surface area contributed by atoms with Crippen LogP contribution in [0.15, 0.2) is 36.5 Å². The van der Waals surface area contributed by atoms with Crippen LogP contribution in [0, 0.1) is 0 Å². The second kappa shape index (κ2) is 7.51. The maximum absolute atomic E-state index is 12.5. The number of nitrogens with one attached hydrogen (secondary N) is 1. The summed E-state index contributed by atoms with van der Waals surface area (Å²) in [4.78, 5) is 26.4. The van der Waals surface area contributed by atoms with Gasteiger partial charge in [-0.05, 0) is 13.3 Å². The van der Waals surface area contributed by atoms with E-state index in [-0.39, 0.29) is 17.1 Å². The van der Waals surface area contributed by atoms with E-state index in [0.717, 1.165) is 5.56 Å². The van der Waals surface area contributed by atoms with E-state index in [1.54, 1.807) is 0 Å². The molecule has 0 aliphatic carbocycles. The summed E-state index contributed by atoms with van der Waals surface area (Å²) in [5, 5.41) is 6.67. The summed E-state index contributed by atoms with van der Waals surface area (Å²) in [7, 11) is -1.58. The highest BCUT2D eigenvalue weighted by Crippen LogP contribution is 2.22. The first-order chi connectivity index (χ1) is 12.8. The Morgan fingerprint density at radius 3 is 2.63 bits per heavy atom. The number of esters is 1. The third-order valence-electron chi connectivity index (χ3n) is 4.66. The van der Waals surface area contributed by atoms with Gasteiger partial charge in [0.15, 0.2) is 15.9 Å². The zero-order valence-corrected chi connectivity index (χ0v) is 15.9. The van der Waals surface area contributed by atoms with Crippen LogP contribution in [-0.2, 0) is 19.4 Å². The number of amides is 1. The Morgan fingerprint density at radius 2 is 2.00 bits per heavy atom. The molecule has 1 saturated heterocycles. The summed E-state index contributed by atoms with van der Waals surface area (Å²) in [5.74, 6) is -1.10. The SMILES string of the molecule is CC(OC(=O)c1cn[nH]c1-c1ccccc1)C(=O)N(C)C1CCS(=O)(=O)C1. The van der Waals surface area contributed by atoms with Crippen molar-refractivity contribution in [2.75, 3.05) is 18.6 Å². The minimum Gasteiger partial charge on any atom is -0.449 e. The molecule has 8 nitrogen and oxygen atoms in total. The van der Waals surface area contributed by atoms with Gasteiger partial charge >= 0.3 is 5.97 Å². The fraction of sp³-hybridized carbons (Fsp3) is 0.389. The van der Waals surface area contributed by atoms with Gasteiger partial charge in [0.1, 0.15) is 5.56 Å². The first-order valence-corrected chi connectivity index (χ1v) is 10.4. The Hall–Kier alpha value is -2.68. The molecule has 3 rings (SSSR count). The van der Waals surface area contributed by atoms with Gasteiger partial charge < -0.3 is 9.64 Å². The van der Waals surface area contributed by atoms with Gasteiger partial charge in [-0.15, -0.1) is 0 Å². The van der Waals surface area contributed by atoms with Crippen LogP contribution in [0.3, 0.4) is 0 Å². The van der Waals surface area contributed by atoms with E-state index in [4.69, 9.17) is 4.74 Å². The average molecular weight is 391 g/mol. The van der Waals surface area contributed by atoms with Gasteiger partial charge in [-0.25, -0.2) is 13.2 Å². The molecule has 2 aromatic rings. The number of carbonyl (C=O) groups is 2. The Labute approximate surface area is 157 Å². The van der Waals surface area contributed by atoms with Crippen LogP contribution >= 0.6 is 0 Å². The standard InChI is InChI=1S/C18H21N3O5S/c1-12(17(22)21(2)14-8-9-27(24,25)11-14)26-18(23)15-10-19-20-16(15)13-6-4-3-5-7-13/h3-7,10,12,14H,8-9,11H2,1-2H3,(H,19,20). The molecule has 0 saturated carbocycles. The lowest BCUT2D eigenvalue weighted by Gasteiger charge is -2.26. The fourth-order valence-electron chi connectivity index (χ4n) is 3.09. The van der Waals surface area contributed by atoms with Crippen LogP contribution in [0.4, 0.5) is 0 Å². The van der Waals surface area contributed by atoms with E-state index in [0.29, 0.717) is 12.1 Å². The molecule has 144 valence electrons. The van der Waals surface area contributed by atoms with Crippen LogP contribution in [-0.4, -0.2) is 66.1 Å². The van der Waals surface area contributed by atoms with Gasteiger partial charge in [-0.3, -0.25) is 9.89 Å². The summed E-state index contributed by atoms with van der Waals surface area (Å²) in [6.45, 7) is 1.47. The Kier molecular flexibility index (Phi) is 5.31. The molecule has 9 heteroatoms. The average Bonchev–Trinajstić information content (AvgIpc) is 3.27. The van der Waals surface area contributed by atoms with E-state index in [2.05, 4.69) is 10.2 Å². The number of rotatable bonds is 5. The molecule has 1 aliphatic heterocycles. The molecule has 0 bridgehead atoms. The molecule has 1 aromatic heterocycles. The molecule has 2 atom stereocenters. The van der Waals surface area contributed by atoms with Crippen molar-refractivity contribution in [3.63, 3.8) is 0 Å². The van der Waals surface area contributed by atoms with Gasteiger partial charge in [-0.2, -0.15) is 5.10 Å². The summed E-state index contributed by atoms with van der Waals surface area (Å²) in [5.41, 5.74) is 1.51. The summed E-state index contributed by atoms with van der Waals surface area (Å²) >= 11 is 0. The largest absolute Gasteiger partial charge is 0.449 e. The van der Waals surface area contributed by atoms with Crippen molar-refractivity contribution >= 4 is 21.7 Å². The highest BCUT2D eigenvalue weighted by Gasteiger charge is 2.35. The Balaban J connectivity index is 1.68. The van der Waals surface area contributed by atoms with E-state index in [1.165, 1.54) is 25.1 Å². The van der Waals surface area contributed by atoms with Crippen molar-refractivity contribution in [1.82, 2.24) is 15.1 Å². The topological polar surface area (TPSA) is 109 Å². The Bertz CT molecular complexity index is 939. The summed E-state index contributed by atoms with van der Waals surface area (Å²) < 4.78 is 28.5. The highest BCUT2D eigenvalue weighted by molar-refractivity contribution is 7.91. The number of ether oxygens (including phenoxy) is 1. The summed E-state index contributed by atoms with van der Waals surface area (Å²) in [6.07, 6.45) is 0.713. The lowest BCUT2D eigenvalue weighted by molar-refractivity contribution is -0.140. The van der Waals surface area contributed by atoms with Gasteiger partial charge in [0, 0.05) is 18.7 Å². The zero-order chi connectivity index (χ0) is 19.6. The van der Waals surface area contributed by atoms with Crippen molar-refractivity contribution in [1.29, 1.82) is 0 Å². The summed E-state index contributed by atoms with van der Waals surface area (Å²) in [6, 6.07) is 8.79. The van der Waals surface area contributed by atoms with Crippen molar-refractivity contribution in [2.45, 2.75) is 25.5 Å². The monoisotopic (exact) mass is 391 g/mol. The van der Waals surface area contributed by atoms with Crippen molar-refractivity contribution in [2.24, 2.45) is 0 Å². The minimum atomic E-state index is -3.11. The van der Waals surface area contributed by atoms with E-state index < -0.39 is 33.9 Å². The molecule has 27 heavy (non-hydrogen) atoms. The number of carbonyl (C=O) groups excluding carboxylic acids is 2. The third-order valence-corrected chi connectivity index (χ3v) is 6.41. The molecule has 1 aromatic carbocycles.